The van der Waals surface area contributed by atoms with Gasteiger partial charge in [0, 0.05) is 24.6 Å². The molecule has 1 fully saturated rings. The molecule has 1 aromatic heterocycles. The Hall–Kier alpha value is -1.17. The van der Waals surface area contributed by atoms with Gasteiger partial charge in [0.2, 0.25) is 5.13 Å². The quantitative estimate of drug-likeness (QED) is 0.871. The lowest BCUT2D eigenvalue weighted by molar-refractivity contribution is -0.150. The molecule has 0 aliphatic carbocycles. The topological polar surface area (TPSA) is 66.3 Å². The molecule has 0 saturated carbocycles. The Labute approximate surface area is 98.3 Å². The van der Waals surface area contributed by atoms with Crippen molar-refractivity contribution in [3.8, 4) is 0 Å². The molecule has 5 nitrogen and oxygen atoms in total. The summed E-state index contributed by atoms with van der Waals surface area (Å²) in [4.78, 5) is 17.5. The van der Waals surface area contributed by atoms with Crippen molar-refractivity contribution in [1.82, 2.24) is 9.36 Å². The number of hydrogen-bond donors (Lipinski definition) is 1. The number of aromatic nitrogens is 2. The van der Waals surface area contributed by atoms with Crippen LogP contribution in [0.15, 0.2) is 6.33 Å². The largest absolute Gasteiger partial charge is 0.481 e. The Morgan fingerprint density at radius 1 is 1.62 bits per heavy atom. The summed E-state index contributed by atoms with van der Waals surface area (Å²) in [5, 5.41) is 10.2. The summed E-state index contributed by atoms with van der Waals surface area (Å²) in [6.45, 7) is 3.47. The predicted molar refractivity (Wildman–Crippen MR) is 61.7 cm³/mol. The maximum absolute atomic E-state index is 11.3. The van der Waals surface area contributed by atoms with Crippen molar-refractivity contribution in [2.45, 2.75) is 26.2 Å². The van der Waals surface area contributed by atoms with Crippen molar-refractivity contribution in [1.29, 1.82) is 0 Å². The van der Waals surface area contributed by atoms with Crippen LogP contribution in [0.2, 0.25) is 0 Å². The molecule has 0 aromatic carbocycles. The Kier molecular flexibility index (Phi) is 3.09. The Balaban J connectivity index is 2.04. The van der Waals surface area contributed by atoms with E-state index in [1.54, 1.807) is 6.33 Å². The van der Waals surface area contributed by atoms with E-state index in [0.29, 0.717) is 19.3 Å². The van der Waals surface area contributed by atoms with Crippen LogP contribution in [0.4, 0.5) is 5.13 Å². The molecule has 1 aliphatic heterocycles. The van der Waals surface area contributed by atoms with E-state index in [4.69, 9.17) is 0 Å². The molecule has 16 heavy (non-hydrogen) atoms. The van der Waals surface area contributed by atoms with Gasteiger partial charge in [-0.3, -0.25) is 4.79 Å². The van der Waals surface area contributed by atoms with Gasteiger partial charge in [-0.15, -0.1) is 0 Å². The average molecular weight is 241 g/mol. The van der Waals surface area contributed by atoms with Crippen molar-refractivity contribution >= 4 is 22.6 Å². The first kappa shape index (κ1) is 11.3. The molecule has 1 N–H and O–H groups in total. The lowest BCUT2D eigenvalue weighted by Gasteiger charge is -2.37. The number of rotatable bonds is 3. The van der Waals surface area contributed by atoms with E-state index in [1.807, 2.05) is 6.92 Å². The van der Waals surface area contributed by atoms with Crippen molar-refractivity contribution < 1.29 is 9.90 Å². The highest BCUT2D eigenvalue weighted by molar-refractivity contribution is 7.09. The molecule has 1 aliphatic rings. The molecule has 88 valence electrons. The molecule has 0 radical (unpaired) electrons. The molecule has 0 amide bonds. The Morgan fingerprint density at radius 3 is 2.75 bits per heavy atom. The maximum Gasteiger partial charge on any atom is 0.309 e. The highest BCUT2D eigenvalue weighted by atomic mass is 32.1. The van der Waals surface area contributed by atoms with Gasteiger partial charge in [-0.25, -0.2) is 4.98 Å². The van der Waals surface area contributed by atoms with Gasteiger partial charge < -0.3 is 10.0 Å². The molecule has 6 heteroatoms. The summed E-state index contributed by atoms with van der Waals surface area (Å²) >= 11 is 1.36. The van der Waals surface area contributed by atoms with E-state index >= 15 is 0 Å². The first-order valence-corrected chi connectivity index (χ1v) is 6.20. The number of carbonyl (C=O) groups is 1. The Morgan fingerprint density at radius 2 is 2.31 bits per heavy atom. The second kappa shape index (κ2) is 4.37. The summed E-state index contributed by atoms with van der Waals surface area (Å²) in [5.41, 5.74) is -0.527. The van der Waals surface area contributed by atoms with Gasteiger partial charge in [0.1, 0.15) is 6.33 Å². The van der Waals surface area contributed by atoms with E-state index in [2.05, 4.69) is 14.3 Å². The van der Waals surface area contributed by atoms with E-state index in [-0.39, 0.29) is 0 Å². The van der Waals surface area contributed by atoms with Crippen molar-refractivity contribution in [2.75, 3.05) is 18.0 Å². The zero-order chi connectivity index (χ0) is 11.6. The van der Waals surface area contributed by atoms with E-state index in [0.717, 1.165) is 18.2 Å². The molecule has 0 atom stereocenters. The van der Waals surface area contributed by atoms with Crippen LogP contribution in [0.1, 0.15) is 26.2 Å². The van der Waals surface area contributed by atoms with E-state index in [9.17, 15) is 9.90 Å². The third-order valence-corrected chi connectivity index (χ3v) is 4.20. The summed E-state index contributed by atoms with van der Waals surface area (Å²) in [7, 11) is 0. The normalized spacial score (nSPS) is 19.7. The molecule has 0 bridgehead atoms. The van der Waals surface area contributed by atoms with Gasteiger partial charge in [-0.05, 0) is 19.3 Å². The fraction of sp³-hybridized carbons (Fsp3) is 0.700. The summed E-state index contributed by atoms with van der Waals surface area (Å²) in [6.07, 6.45) is 3.63. The number of carboxylic acids is 1. The number of aliphatic carboxylic acids is 1. The predicted octanol–water partition coefficient (Wildman–Crippen LogP) is 1.62. The highest BCUT2D eigenvalue weighted by Crippen LogP contribution is 2.36. The SMILES string of the molecule is CCC1(C(=O)O)CCN(c2ncns2)CC1. The highest BCUT2D eigenvalue weighted by Gasteiger charge is 2.40. The lowest BCUT2D eigenvalue weighted by Crippen LogP contribution is -2.44. The van der Waals surface area contributed by atoms with Crippen LogP contribution < -0.4 is 4.90 Å². The van der Waals surface area contributed by atoms with Gasteiger partial charge in [-0.1, -0.05) is 6.92 Å². The summed E-state index contributed by atoms with van der Waals surface area (Å²) in [5.74, 6) is -0.660. The average Bonchev–Trinajstić information content (AvgIpc) is 2.82. The van der Waals surface area contributed by atoms with Crippen molar-refractivity contribution in [3.05, 3.63) is 6.33 Å². The molecular formula is C10H15N3O2S. The summed E-state index contributed by atoms with van der Waals surface area (Å²) < 4.78 is 3.96. The minimum atomic E-state index is -0.660. The lowest BCUT2D eigenvalue weighted by atomic mass is 9.76. The number of anilines is 1. The van der Waals surface area contributed by atoms with Crippen molar-refractivity contribution in [3.63, 3.8) is 0 Å². The van der Waals surface area contributed by atoms with Crippen LogP contribution in [-0.4, -0.2) is 33.5 Å². The van der Waals surface area contributed by atoms with Gasteiger partial charge in [0.05, 0.1) is 5.41 Å². The van der Waals surface area contributed by atoms with Gasteiger partial charge in [0.15, 0.2) is 0 Å². The molecular weight excluding hydrogens is 226 g/mol. The smallest absolute Gasteiger partial charge is 0.309 e. The first-order chi connectivity index (χ1) is 7.68. The zero-order valence-electron chi connectivity index (χ0n) is 9.22. The zero-order valence-corrected chi connectivity index (χ0v) is 10.0. The Bertz CT molecular complexity index is 358. The van der Waals surface area contributed by atoms with Crippen LogP contribution in [0.5, 0.6) is 0 Å². The van der Waals surface area contributed by atoms with Gasteiger partial charge >= 0.3 is 5.97 Å². The van der Waals surface area contributed by atoms with Gasteiger partial charge in [-0.2, -0.15) is 4.37 Å². The van der Waals surface area contributed by atoms with Crippen LogP contribution in [0.25, 0.3) is 0 Å². The fourth-order valence-corrected chi connectivity index (χ4v) is 2.73. The number of piperidine rings is 1. The first-order valence-electron chi connectivity index (χ1n) is 5.43. The number of carboxylic acid groups (broad SMARTS) is 1. The summed E-state index contributed by atoms with van der Waals surface area (Å²) in [6, 6.07) is 0. The monoisotopic (exact) mass is 241 g/mol. The second-order valence-electron chi connectivity index (χ2n) is 4.15. The third kappa shape index (κ3) is 1.89. The minimum absolute atomic E-state index is 0.527. The molecule has 2 rings (SSSR count). The molecule has 1 aromatic rings. The molecule has 2 heterocycles. The number of hydrogen-bond acceptors (Lipinski definition) is 5. The van der Waals surface area contributed by atoms with Gasteiger partial charge in [0.25, 0.3) is 0 Å². The van der Waals surface area contributed by atoms with E-state index < -0.39 is 11.4 Å². The standard InChI is InChI=1S/C10H15N3O2S/c1-2-10(8(14)15)3-5-13(6-4-10)9-11-7-12-16-9/h7H,2-6H2,1H3,(H,14,15). The van der Waals surface area contributed by atoms with Crippen LogP contribution >= 0.6 is 11.5 Å². The van der Waals surface area contributed by atoms with Crippen LogP contribution in [-0.2, 0) is 4.79 Å². The second-order valence-corrected chi connectivity index (χ2v) is 4.91. The minimum Gasteiger partial charge on any atom is -0.481 e. The van der Waals surface area contributed by atoms with E-state index in [1.165, 1.54) is 11.5 Å². The number of nitrogens with zero attached hydrogens (tertiary/aromatic N) is 3. The maximum atomic E-state index is 11.3. The molecule has 0 unspecified atom stereocenters. The fourth-order valence-electron chi connectivity index (χ4n) is 2.15. The van der Waals surface area contributed by atoms with Crippen LogP contribution in [0.3, 0.4) is 0 Å². The van der Waals surface area contributed by atoms with Crippen LogP contribution in [0, 0.1) is 5.41 Å². The molecule has 1 saturated heterocycles. The van der Waals surface area contributed by atoms with Crippen molar-refractivity contribution in [2.24, 2.45) is 5.41 Å². The molecule has 0 spiro atoms. The third-order valence-electron chi connectivity index (χ3n) is 3.47.